The van der Waals surface area contributed by atoms with Gasteiger partial charge in [0.25, 0.3) is 5.91 Å². The van der Waals surface area contributed by atoms with E-state index in [0.29, 0.717) is 25.3 Å². The van der Waals surface area contributed by atoms with E-state index in [1.165, 1.54) is 0 Å². The van der Waals surface area contributed by atoms with Crippen LogP contribution in [-0.2, 0) is 22.7 Å². The van der Waals surface area contributed by atoms with Gasteiger partial charge in [0, 0.05) is 25.5 Å². The molecule has 0 saturated heterocycles. The van der Waals surface area contributed by atoms with E-state index in [9.17, 15) is 9.59 Å². The van der Waals surface area contributed by atoms with Crippen molar-refractivity contribution in [3.63, 3.8) is 0 Å². The molecule has 0 radical (unpaired) electrons. The predicted octanol–water partition coefficient (Wildman–Crippen LogP) is 2.86. The van der Waals surface area contributed by atoms with Crippen molar-refractivity contribution in [3.8, 4) is 5.75 Å². The summed E-state index contributed by atoms with van der Waals surface area (Å²) in [5.41, 5.74) is 2.13. The monoisotopic (exact) mass is 452 g/mol. The van der Waals surface area contributed by atoms with Gasteiger partial charge < -0.3 is 19.9 Å². The van der Waals surface area contributed by atoms with Crippen molar-refractivity contribution in [2.24, 2.45) is 0 Å². The second-order valence-electron chi connectivity index (χ2n) is 7.22. The predicted molar refractivity (Wildman–Crippen MR) is 126 cm³/mol. The Morgan fingerprint density at radius 2 is 1.84 bits per heavy atom. The molecule has 0 saturated carbocycles. The Labute approximate surface area is 192 Å². The molecule has 0 aliphatic rings. The summed E-state index contributed by atoms with van der Waals surface area (Å²) in [7, 11) is 0. The molecule has 2 N–H and O–H groups in total. The fourth-order valence-corrected chi connectivity index (χ4v) is 3.64. The Hall–Kier alpha value is -3.26. The van der Waals surface area contributed by atoms with Crippen LogP contribution in [0, 0.1) is 0 Å². The molecule has 1 heterocycles. The lowest BCUT2D eigenvalue weighted by Gasteiger charge is -2.19. The summed E-state index contributed by atoms with van der Waals surface area (Å²) in [4.78, 5) is 29.3. The zero-order chi connectivity index (χ0) is 22.6. The van der Waals surface area contributed by atoms with Crippen LogP contribution >= 0.6 is 11.8 Å². The molecule has 8 heteroatoms. The maximum absolute atomic E-state index is 12.9. The zero-order valence-electron chi connectivity index (χ0n) is 18.1. The fourth-order valence-electron chi connectivity index (χ4n) is 3.17. The standard InChI is InChI=1S/C24H28N4O3S/c1-32-14-11-22(27-23(29)17-31-21-9-3-2-4-10-21)24(30)26-15-19-7-5-6-8-20(19)16-28-13-12-25-18-28/h2-10,12-13,18,22H,11,14-17H2,1H3,(H,26,30)(H,27,29). The first-order valence-electron chi connectivity index (χ1n) is 10.4. The van der Waals surface area contributed by atoms with Crippen LogP contribution in [0.2, 0.25) is 0 Å². The quantitative estimate of drug-likeness (QED) is 0.441. The third kappa shape index (κ3) is 7.46. The molecule has 0 aliphatic heterocycles. The Morgan fingerprint density at radius 1 is 1.09 bits per heavy atom. The summed E-state index contributed by atoms with van der Waals surface area (Å²) in [5.74, 6) is 0.845. The average Bonchev–Trinajstić information content (AvgIpc) is 3.33. The highest BCUT2D eigenvalue weighted by Crippen LogP contribution is 2.11. The molecular formula is C24H28N4O3S. The maximum Gasteiger partial charge on any atom is 0.258 e. The minimum Gasteiger partial charge on any atom is -0.484 e. The van der Waals surface area contributed by atoms with Crippen LogP contribution in [0.15, 0.2) is 73.3 Å². The van der Waals surface area contributed by atoms with Crippen LogP contribution in [0.1, 0.15) is 17.5 Å². The molecule has 168 valence electrons. The molecule has 0 spiro atoms. The average molecular weight is 453 g/mol. The molecule has 0 aliphatic carbocycles. The number of benzene rings is 2. The van der Waals surface area contributed by atoms with Crippen molar-refractivity contribution < 1.29 is 14.3 Å². The van der Waals surface area contributed by atoms with Gasteiger partial charge in [0.1, 0.15) is 11.8 Å². The number of imidazole rings is 1. The Balaban J connectivity index is 1.55. The summed E-state index contributed by atoms with van der Waals surface area (Å²) in [6.07, 6.45) is 7.93. The lowest BCUT2D eigenvalue weighted by Crippen LogP contribution is -2.48. The Kier molecular flexibility index (Phi) is 9.19. The Morgan fingerprint density at radius 3 is 2.56 bits per heavy atom. The summed E-state index contributed by atoms with van der Waals surface area (Å²) in [6, 6.07) is 16.5. The largest absolute Gasteiger partial charge is 0.484 e. The number of aromatic nitrogens is 2. The number of thioether (sulfide) groups is 1. The first-order chi connectivity index (χ1) is 15.7. The van der Waals surface area contributed by atoms with Crippen molar-refractivity contribution in [1.29, 1.82) is 0 Å². The second kappa shape index (κ2) is 12.6. The maximum atomic E-state index is 12.9. The lowest BCUT2D eigenvalue weighted by atomic mass is 10.1. The number of nitrogens with zero attached hydrogens (tertiary/aromatic N) is 2. The summed E-state index contributed by atoms with van der Waals surface area (Å²) in [6.45, 7) is 0.923. The number of carbonyl (C=O) groups excluding carboxylic acids is 2. The third-order valence-electron chi connectivity index (χ3n) is 4.86. The molecule has 1 atom stereocenters. The molecule has 1 unspecified atom stereocenters. The minimum atomic E-state index is -0.616. The Bertz CT molecular complexity index is 980. The van der Waals surface area contributed by atoms with Gasteiger partial charge in [-0.1, -0.05) is 42.5 Å². The van der Waals surface area contributed by atoms with Gasteiger partial charge in [-0.05, 0) is 41.7 Å². The fraction of sp³-hybridized carbons (Fsp3) is 0.292. The number of carbonyl (C=O) groups is 2. The molecule has 2 aromatic carbocycles. The van der Waals surface area contributed by atoms with Crippen LogP contribution in [-0.4, -0.2) is 46.0 Å². The first-order valence-corrected chi connectivity index (χ1v) is 11.8. The zero-order valence-corrected chi connectivity index (χ0v) is 18.9. The van der Waals surface area contributed by atoms with Gasteiger partial charge in [-0.2, -0.15) is 11.8 Å². The van der Waals surface area contributed by atoms with E-state index in [4.69, 9.17) is 4.74 Å². The van der Waals surface area contributed by atoms with Gasteiger partial charge in [-0.3, -0.25) is 9.59 Å². The van der Waals surface area contributed by atoms with Crippen LogP contribution in [0.4, 0.5) is 0 Å². The first kappa shape index (κ1) is 23.4. The van der Waals surface area contributed by atoms with E-state index in [-0.39, 0.29) is 18.4 Å². The van der Waals surface area contributed by atoms with Gasteiger partial charge in [-0.25, -0.2) is 4.98 Å². The molecule has 32 heavy (non-hydrogen) atoms. The molecule has 0 fully saturated rings. The molecular weight excluding hydrogens is 424 g/mol. The van der Waals surface area contributed by atoms with Crippen molar-refractivity contribution >= 4 is 23.6 Å². The number of nitrogens with one attached hydrogen (secondary N) is 2. The summed E-state index contributed by atoms with van der Waals surface area (Å²) >= 11 is 1.63. The third-order valence-corrected chi connectivity index (χ3v) is 5.50. The molecule has 1 aromatic heterocycles. The summed E-state index contributed by atoms with van der Waals surface area (Å²) in [5, 5.41) is 5.79. The van der Waals surface area contributed by atoms with Crippen LogP contribution in [0.25, 0.3) is 0 Å². The van der Waals surface area contributed by atoms with E-state index < -0.39 is 6.04 Å². The SMILES string of the molecule is CSCCC(NC(=O)COc1ccccc1)C(=O)NCc1ccccc1Cn1ccnc1. The number of para-hydroxylation sites is 1. The highest BCUT2D eigenvalue weighted by molar-refractivity contribution is 7.98. The highest BCUT2D eigenvalue weighted by Gasteiger charge is 2.20. The van der Waals surface area contributed by atoms with Gasteiger partial charge in [0.2, 0.25) is 5.91 Å². The normalized spacial score (nSPS) is 11.5. The summed E-state index contributed by atoms with van der Waals surface area (Å²) < 4.78 is 7.47. The van der Waals surface area contributed by atoms with E-state index in [1.807, 2.05) is 59.5 Å². The van der Waals surface area contributed by atoms with Gasteiger partial charge in [0.05, 0.1) is 6.33 Å². The molecule has 2 amide bonds. The van der Waals surface area contributed by atoms with Gasteiger partial charge in [-0.15, -0.1) is 0 Å². The van der Waals surface area contributed by atoms with Crippen molar-refractivity contribution in [2.75, 3.05) is 18.6 Å². The number of amides is 2. The smallest absolute Gasteiger partial charge is 0.258 e. The van der Waals surface area contributed by atoms with Gasteiger partial charge in [0.15, 0.2) is 6.61 Å². The highest BCUT2D eigenvalue weighted by atomic mass is 32.2. The number of ether oxygens (including phenoxy) is 1. The van der Waals surface area contributed by atoms with Gasteiger partial charge >= 0.3 is 0 Å². The second-order valence-corrected chi connectivity index (χ2v) is 8.21. The minimum absolute atomic E-state index is 0.138. The van der Waals surface area contributed by atoms with Crippen LogP contribution in [0.3, 0.4) is 0 Å². The molecule has 7 nitrogen and oxygen atoms in total. The molecule has 0 bridgehead atoms. The molecule has 3 rings (SSSR count). The van der Waals surface area contributed by atoms with E-state index in [0.717, 1.165) is 16.9 Å². The molecule has 3 aromatic rings. The van der Waals surface area contributed by atoms with Crippen LogP contribution < -0.4 is 15.4 Å². The van der Waals surface area contributed by atoms with E-state index >= 15 is 0 Å². The van der Waals surface area contributed by atoms with E-state index in [2.05, 4.69) is 15.6 Å². The van der Waals surface area contributed by atoms with Crippen LogP contribution in [0.5, 0.6) is 5.75 Å². The lowest BCUT2D eigenvalue weighted by molar-refractivity contribution is -0.130. The topological polar surface area (TPSA) is 85.2 Å². The van der Waals surface area contributed by atoms with Crippen molar-refractivity contribution in [1.82, 2.24) is 20.2 Å². The van der Waals surface area contributed by atoms with Crippen molar-refractivity contribution in [2.45, 2.75) is 25.6 Å². The number of rotatable bonds is 12. The number of hydrogen-bond acceptors (Lipinski definition) is 5. The van der Waals surface area contributed by atoms with Crippen molar-refractivity contribution in [3.05, 3.63) is 84.4 Å². The van der Waals surface area contributed by atoms with E-state index in [1.54, 1.807) is 36.4 Å². The number of hydrogen-bond donors (Lipinski definition) is 2.